The molecule has 2 aromatic carbocycles. The van der Waals surface area contributed by atoms with Crippen LogP contribution in [0.3, 0.4) is 0 Å². The third kappa shape index (κ3) is 4.43. The van der Waals surface area contributed by atoms with Crippen molar-refractivity contribution in [2.24, 2.45) is 0 Å². The number of carbonyl (C=O) groups is 1. The average molecular weight is 490 g/mol. The van der Waals surface area contributed by atoms with Crippen molar-refractivity contribution in [2.45, 2.75) is 51.4 Å². The van der Waals surface area contributed by atoms with Crippen LogP contribution in [0.25, 0.3) is 6.08 Å². The first-order valence-electron chi connectivity index (χ1n) is 9.57. The number of rotatable bonds is 5. The number of aromatic carboxylic acids is 1. The second-order valence-corrected chi connectivity index (χ2v) is 9.90. The van der Waals surface area contributed by atoms with Gasteiger partial charge in [0.05, 0.1) is 9.13 Å². The first-order chi connectivity index (χ1) is 13.1. The second-order valence-electron chi connectivity index (χ2n) is 8.74. The molecule has 1 N–H and O–H groups in total. The summed E-state index contributed by atoms with van der Waals surface area (Å²) in [6.45, 7) is 9.77. The summed E-state index contributed by atoms with van der Waals surface area (Å²) in [5.41, 5.74) is 4.45. The molecule has 1 aliphatic rings. The van der Waals surface area contributed by atoms with Gasteiger partial charge in [0.1, 0.15) is 12.4 Å². The highest BCUT2D eigenvalue weighted by Gasteiger charge is 2.37. The van der Waals surface area contributed by atoms with E-state index in [9.17, 15) is 4.79 Å². The second kappa shape index (κ2) is 7.90. The van der Waals surface area contributed by atoms with Crippen LogP contribution in [0.1, 0.15) is 67.6 Å². The van der Waals surface area contributed by atoms with E-state index >= 15 is 0 Å². The Morgan fingerprint density at radius 2 is 1.64 bits per heavy atom. The van der Waals surface area contributed by atoms with Gasteiger partial charge in [0.2, 0.25) is 0 Å². The largest absolute Gasteiger partial charge is 0.488 e. The van der Waals surface area contributed by atoms with Gasteiger partial charge in [0.15, 0.2) is 0 Å². The Morgan fingerprint density at radius 3 is 2.21 bits per heavy atom. The Labute approximate surface area is 181 Å². The van der Waals surface area contributed by atoms with Crippen molar-refractivity contribution in [3.8, 4) is 5.75 Å². The molecule has 0 heterocycles. The molecule has 2 aromatic rings. The fourth-order valence-electron chi connectivity index (χ4n) is 3.74. The third-order valence-corrected chi connectivity index (χ3v) is 6.55. The van der Waals surface area contributed by atoms with Crippen LogP contribution < -0.4 is 4.74 Å². The number of carboxylic acids is 1. The number of halogens is 1. The summed E-state index contributed by atoms with van der Waals surface area (Å²) in [7, 11) is 0. The fraction of sp³-hybridized carbons (Fsp3) is 0.375. The van der Waals surface area contributed by atoms with E-state index in [2.05, 4.69) is 62.4 Å². The highest BCUT2D eigenvalue weighted by atomic mass is 127. The molecular formula is C24H27IO3. The average Bonchev–Trinajstić information content (AvgIpc) is 2.64. The number of carboxylic acid groups (broad SMARTS) is 1. The lowest BCUT2D eigenvalue weighted by Crippen LogP contribution is -2.34. The molecule has 1 aliphatic carbocycles. The van der Waals surface area contributed by atoms with E-state index in [1.807, 2.05) is 12.2 Å². The zero-order chi connectivity index (χ0) is 20.5. The Balaban J connectivity index is 1.74. The standard InChI is InChI=1S/C24H27IO3/c1-23(2)11-12-24(3,4)19-15-21(20(25)14-18(19)23)28-13-5-6-16-7-9-17(10-8-16)22(26)27/h5-10,14-15H,11-13H2,1-4H3,(H,26,27). The van der Waals surface area contributed by atoms with Crippen LogP contribution in [0.4, 0.5) is 0 Å². The molecule has 0 spiro atoms. The minimum atomic E-state index is -0.910. The van der Waals surface area contributed by atoms with Gasteiger partial charge in [0.25, 0.3) is 0 Å². The van der Waals surface area contributed by atoms with Crippen molar-refractivity contribution in [1.29, 1.82) is 0 Å². The lowest BCUT2D eigenvalue weighted by atomic mass is 9.63. The van der Waals surface area contributed by atoms with Crippen LogP contribution in [0, 0.1) is 3.57 Å². The molecule has 4 heteroatoms. The van der Waals surface area contributed by atoms with Gasteiger partial charge in [-0.25, -0.2) is 4.79 Å². The van der Waals surface area contributed by atoms with Crippen molar-refractivity contribution in [3.63, 3.8) is 0 Å². The maximum absolute atomic E-state index is 10.9. The molecule has 0 amide bonds. The zero-order valence-corrected chi connectivity index (χ0v) is 19.0. The summed E-state index contributed by atoms with van der Waals surface area (Å²) in [6, 6.07) is 11.3. The van der Waals surface area contributed by atoms with Crippen molar-refractivity contribution in [2.75, 3.05) is 6.61 Å². The normalized spacial score (nSPS) is 17.3. The summed E-state index contributed by atoms with van der Waals surface area (Å²) in [5.74, 6) is 0.0166. The molecule has 0 aromatic heterocycles. The van der Waals surface area contributed by atoms with Gasteiger partial charge in [-0.1, -0.05) is 45.9 Å². The molecule has 0 saturated carbocycles. The number of hydrogen-bond acceptors (Lipinski definition) is 2. The molecule has 3 rings (SSSR count). The van der Waals surface area contributed by atoms with Gasteiger partial charge in [-0.15, -0.1) is 0 Å². The van der Waals surface area contributed by atoms with Crippen molar-refractivity contribution in [1.82, 2.24) is 0 Å². The topological polar surface area (TPSA) is 46.5 Å². The maximum atomic E-state index is 10.9. The Hall–Kier alpha value is -1.82. The monoisotopic (exact) mass is 490 g/mol. The van der Waals surface area contributed by atoms with E-state index in [1.54, 1.807) is 24.3 Å². The SMILES string of the molecule is CC1(C)CCC(C)(C)c2cc(OCC=Cc3ccc(C(=O)O)cc3)c(I)cc21. The molecule has 0 bridgehead atoms. The minimum absolute atomic E-state index is 0.162. The summed E-state index contributed by atoms with van der Waals surface area (Å²) in [6.07, 6.45) is 6.29. The van der Waals surface area contributed by atoms with Gasteiger partial charge in [-0.05, 0) is 93.3 Å². The quantitative estimate of drug-likeness (QED) is 0.492. The number of hydrogen-bond donors (Lipinski definition) is 1. The lowest BCUT2D eigenvalue weighted by Gasteiger charge is -2.42. The van der Waals surface area contributed by atoms with E-state index in [1.165, 1.54) is 24.0 Å². The van der Waals surface area contributed by atoms with E-state index in [-0.39, 0.29) is 10.8 Å². The number of fused-ring (bicyclic) bond motifs is 1. The summed E-state index contributed by atoms with van der Waals surface area (Å²) in [5, 5.41) is 8.96. The highest BCUT2D eigenvalue weighted by Crippen LogP contribution is 2.47. The van der Waals surface area contributed by atoms with E-state index in [0.29, 0.717) is 12.2 Å². The van der Waals surface area contributed by atoms with Crippen LogP contribution >= 0.6 is 22.6 Å². The molecule has 0 saturated heterocycles. The van der Waals surface area contributed by atoms with Gasteiger partial charge in [-0.3, -0.25) is 0 Å². The first kappa shape index (κ1) is 20.9. The summed E-state index contributed by atoms with van der Waals surface area (Å²) >= 11 is 2.36. The van der Waals surface area contributed by atoms with E-state index in [0.717, 1.165) is 14.9 Å². The minimum Gasteiger partial charge on any atom is -0.488 e. The highest BCUT2D eigenvalue weighted by molar-refractivity contribution is 14.1. The van der Waals surface area contributed by atoms with Crippen LogP contribution in [-0.4, -0.2) is 17.7 Å². The predicted octanol–water partition coefficient (Wildman–Crippen LogP) is 6.43. The molecule has 0 fully saturated rings. The van der Waals surface area contributed by atoms with Crippen LogP contribution in [-0.2, 0) is 10.8 Å². The van der Waals surface area contributed by atoms with Crippen molar-refractivity contribution < 1.29 is 14.6 Å². The smallest absolute Gasteiger partial charge is 0.335 e. The van der Waals surface area contributed by atoms with Crippen molar-refractivity contribution >= 4 is 34.6 Å². The lowest BCUT2D eigenvalue weighted by molar-refractivity contribution is 0.0697. The molecule has 28 heavy (non-hydrogen) atoms. The zero-order valence-electron chi connectivity index (χ0n) is 16.9. The van der Waals surface area contributed by atoms with Gasteiger partial charge < -0.3 is 9.84 Å². The Bertz CT molecular complexity index is 908. The molecule has 0 unspecified atom stereocenters. The molecule has 148 valence electrons. The van der Waals surface area contributed by atoms with Gasteiger partial charge >= 0.3 is 5.97 Å². The maximum Gasteiger partial charge on any atom is 0.335 e. The fourth-order valence-corrected chi connectivity index (χ4v) is 4.36. The molecule has 0 atom stereocenters. The van der Waals surface area contributed by atoms with Gasteiger partial charge in [0, 0.05) is 0 Å². The Kier molecular flexibility index (Phi) is 5.89. The molecular weight excluding hydrogens is 463 g/mol. The van der Waals surface area contributed by atoms with Crippen LogP contribution in [0.5, 0.6) is 5.75 Å². The Morgan fingerprint density at radius 1 is 1.07 bits per heavy atom. The third-order valence-electron chi connectivity index (χ3n) is 5.71. The van der Waals surface area contributed by atoms with Crippen molar-refractivity contribution in [3.05, 3.63) is 68.3 Å². The predicted molar refractivity (Wildman–Crippen MR) is 122 cm³/mol. The summed E-state index contributed by atoms with van der Waals surface area (Å²) in [4.78, 5) is 10.9. The molecule has 0 aliphatic heterocycles. The number of benzene rings is 2. The van der Waals surface area contributed by atoms with Crippen LogP contribution in [0.15, 0.2) is 42.5 Å². The molecule has 3 nitrogen and oxygen atoms in total. The molecule has 0 radical (unpaired) electrons. The first-order valence-corrected chi connectivity index (χ1v) is 10.7. The summed E-state index contributed by atoms with van der Waals surface area (Å²) < 4.78 is 7.20. The van der Waals surface area contributed by atoms with Gasteiger partial charge in [-0.2, -0.15) is 0 Å². The number of ether oxygens (including phenoxy) is 1. The van der Waals surface area contributed by atoms with Crippen LogP contribution in [0.2, 0.25) is 0 Å². The van der Waals surface area contributed by atoms with E-state index < -0.39 is 5.97 Å². The van der Waals surface area contributed by atoms with E-state index in [4.69, 9.17) is 9.84 Å².